The van der Waals surface area contributed by atoms with Gasteiger partial charge in [0.25, 0.3) is 0 Å². The molecule has 0 aromatic heterocycles. The lowest BCUT2D eigenvalue weighted by Gasteiger charge is -2.21. The Bertz CT molecular complexity index is 556. The molecule has 1 aliphatic heterocycles. The van der Waals surface area contributed by atoms with E-state index in [1.54, 1.807) is 7.11 Å². The van der Waals surface area contributed by atoms with E-state index in [-0.39, 0.29) is 18.6 Å². The van der Waals surface area contributed by atoms with Gasteiger partial charge in [-0.05, 0) is 18.9 Å². The Morgan fingerprint density at radius 3 is 2.90 bits per heavy atom. The van der Waals surface area contributed by atoms with Crippen LogP contribution in [0.2, 0.25) is 0 Å². The number of rotatable bonds is 5. The number of nitrogens with zero attached hydrogens (tertiary/aromatic N) is 1. The number of carbonyl (C=O) groups excluding carboxylic acids is 2. The molecule has 1 atom stereocenters. The molecule has 6 heteroatoms. The highest BCUT2D eigenvalue weighted by Gasteiger charge is 2.40. The van der Waals surface area contributed by atoms with Gasteiger partial charge < -0.3 is 14.8 Å². The van der Waals surface area contributed by atoms with Crippen molar-refractivity contribution in [3.05, 3.63) is 29.8 Å². The molecular formula is C15H18N2O4. The van der Waals surface area contributed by atoms with Crippen LogP contribution in [0.4, 0.5) is 4.79 Å². The minimum absolute atomic E-state index is 0.104. The normalized spacial score (nSPS) is 21.1. The van der Waals surface area contributed by atoms with Crippen LogP contribution in [0.5, 0.6) is 5.75 Å². The maximum absolute atomic E-state index is 12.2. The third-order valence-corrected chi connectivity index (χ3v) is 3.74. The molecule has 1 saturated heterocycles. The van der Waals surface area contributed by atoms with Gasteiger partial charge in [-0.15, -0.1) is 0 Å². The van der Waals surface area contributed by atoms with Gasteiger partial charge in [-0.1, -0.05) is 18.2 Å². The molecule has 0 spiro atoms. The van der Waals surface area contributed by atoms with Gasteiger partial charge in [0.2, 0.25) is 5.91 Å². The Morgan fingerprint density at radius 1 is 1.43 bits per heavy atom. The van der Waals surface area contributed by atoms with Crippen molar-refractivity contribution >= 4 is 12.0 Å². The summed E-state index contributed by atoms with van der Waals surface area (Å²) in [6.07, 6.45) is 1.57. The van der Waals surface area contributed by atoms with Gasteiger partial charge in [0.05, 0.1) is 13.7 Å². The lowest BCUT2D eigenvalue weighted by Crippen LogP contribution is -2.46. The van der Waals surface area contributed by atoms with Crippen LogP contribution in [0.3, 0.4) is 0 Å². The molecule has 1 N–H and O–H groups in total. The fraction of sp³-hybridized carbons (Fsp3) is 0.467. The lowest BCUT2D eigenvalue weighted by atomic mass is 10.1. The topological polar surface area (TPSA) is 67.9 Å². The first kappa shape index (κ1) is 13.7. The van der Waals surface area contributed by atoms with Crippen molar-refractivity contribution in [1.29, 1.82) is 0 Å². The van der Waals surface area contributed by atoms with Crippen LogP contribution < -0.4 is 10.1 Å². The van der Waals surface area contributed by atoms with Crippen LogP contribution in [0.1, 0.15) is 18.4 Å². The van der Waals surface area contributed by atoms with Gasteiger partial charge in [0.1, 0.15) is 18.4 Å². The maximum atomic E-state index is 12.2. The summed E-state index contributed by atoms with van der Waals surface area (Å²) in [7, 11) is 1.58. The smallest absolute Gasteiger partial charge is 0.410 e. The third-order valence-electron chi connectivity index (χ3n) is 3.74. The molecule has 21 heavy (non-hydrogen) atoms. The van der Waals surface area contributed by atoms with Gasteiger partial charge in [0, 0.05) is 11.6 Å². The highest BCUT2D eigenvalue weighted by atomic mass is 16.6. The highest BCUT2D eigenvalue weighted by Crippen LogP contribution is 2.24. The number of hydrogen-bond acceptors (Lipinski definition) is 4. The average molecular weight is 290 g/mol. The fourth-order valence-electron chi connectivity index (χ4n) is 2.38. The number of hydrogen-bond donors (Lipinski definition) is 1. The molecule has 1 heterocycles. The molecule has 0 radical (unpaired) electrons. The van der Waals surface area contributed by atoms with E-state index >= 15 is 0 Å². The van der Waals surface area contributed by atoms with Gasteiger partial charge >= 0.3 is 6.09 Å². The minimum atomic E-state index is -0.567. The predicted molar refractivity (Wildman–Crippen MR) is 74.8 cm³/mol. The largest absolute Gasteiger partial charge is 0.496 e. The van der Waals surface area contributed by atoms with Crippen LogP contribution in [0.15, 0.2) is 24.3 Å². The van der Waals surface area contributed by atoms with Gasteiger partial charge in [-0.25, -0.2) is 4.79 Å². The number of nitrogens with one attached hydrogen (secondary N) is 1. The van der Waals surface area contributed by atoms with E-state index in [0.29, 0.717) is 12.3 Å². The van der Waals surface area contributed by atoms with Crippen LogP contribution in [0.25, 0.3) is 0 Å². The summed E-state index contributed by atoms with van der Waals surface area (Å²) in [6.45, 7) is 0.401. The van der Waals surface area contributed by atoms with Crippen molar-refractivity contribution < 1.29 is 19.1 Å². The first-order chi connectivity index (χ1) is 10.2. The lowest BCUT2D eigenvalue weighted by molar-refractivity contribution is -0.125. The van der Waals surface area contributed by atoms with E-state index in [2.05, 4.69) is 5.32 Å². The van der Waals surface area contributed by atoms with E-state index in [1.807, 2.05) is 24.3 Å². The highest BCUT2D eigenvalue weighted by molar-refractivity contribution is 5.88. The van der Waals surface area contributed by atoms with E-state index in [9.17, 15) is 9.59 Å². The second-order valence-corrected chi connectivity index (χ2v) is 5.32. The summed E-state index contributed by atoms with van der Waals surface area (Å²) >= 11 is 0. The van der Waals surface area contributed by atoms with Gasteiger partial charge in [-0.3, -0.25) is 9.69 Å². The van der Waals surface area contributed by atoms with Crippen molar-refractivity contribution in [2.24, 2.45) is 0 Å². The molecule has 2 aliphatic rings. The Balaban J connectivity index is 1.74. The Labute approximate surface area is 123 Å². The van der Waals surface area contributed by atoms with Crippen LogP contribution in [-0.2, 0) is 16.1 Å². The summed E-state index contributed by atoms with van der Waals surface area (Å²) in [5.74, 6) is 0.553. The van der Waals surface area contributed by atoms with E-state index in [1.165, 1.54) is 4.90 Å². The molecular weight excluding hydrogens is 272 g/mol. The van der Waals surface area contributed by atoms with E-state index in [0.717, 1.165) is 18.4 Å². The van der Waals surface area contributed by atoms with Crippen LogP contribution in [0, 0.1) is 0 Å². The number of cyclic esters (lactones) is 1. The van der Waals surface area contributed by atoms with Gasteiger partial charge in [0.15, 0.2) is 0 Å². The molecule has 3 rings (SSSR count). The van der Waals surface area contributed by atoms with Crippen molar-refractivity contribution in [2.75, 3.05) is 13.7 Å². The monoisotopic (exact) mass is 290 g/mol. The Hall–Kier alpha value is -2.24. The number of benzene rings is 1. The third kappa shape index (κ3) is 2.94. The second-order valence-electron chi connectivity index (χ2n) is 5.32. The zero-order valence-electron chi connectivity index (χ0n) is 11.9. The molecule has 0 unspecified atom stereocenters. The van der Waals surface area contributed by atoms with Crippen molar-refractivity contribution in [3.8, 4) is 5.75 Å². The van der Waals surface area contributed by atoms with Crippen LogP contribution >= 0.6 is 0 Å². The predicted octanol–water partition coefficient (Wildman–Crippen LogP) is 1.29. The fourth-order valence-corrected chi connectivity index (χ4v) is 2.38. The van der Waals surface area contributed by atoms with E-state index in [4.69, 9.17) is 9.47 Å². The van der Waals surface area contributed by atoms with Crippen molar-refractivity contribution in [3.63, 3.8) is 0 Å². The molecule has 1 saturated carbocycles. The van der Waals surface area contributed by atoms with E-state index < -0.39 is 12.1 Å². The zero-order valence-corrected chi connectivity index (χ0v) is 11.9. The summed E-state index contributed by atoms with van der Waals surface area (Å²) in [6, 6.07) is 7.14. The SMILES string of the molecule is COc1ccccc1CN1C(=O)OC[C@H]1C(=O)NC1CC1. The number of amides is 2. The number of ether oxygens (including phenoxy) is 2. The number of carbonyl (C=O) groups is 2. The molecule has 0 bridgehead atoms. The average Bonchev–Trinajstić information content (AvgIpc) is 3.23. The van der Waals surface area contributed by atoms with Gasteiger partial charge in [-0.2, -0.15) is 0 Å². The maximum Gasteiger partial charge on any atom is 0.410 e. The summed E-state index contributed by atoms with van der Waals surface area (Å²) in [5.41, 5.74) is 0.850. The first-order valence-electron chi connectivity index (χ1n) is 7.04. The molecule has 2 amide bonds. The molecule has 1 aliphatic carbocycles. The van der Waals surface area contributed by atoms with Crippen LogP contribution in [-0.4, -0.2) is 42.7 Å². The first-order valence-corrected chi connectivity index (χ1v) is 7.04. The second kappa shape index (κ2) is 5.63. The molecule has 6 nitrogen and oxygen atoms in total. The molecule has 112 valence electrons. The number of para-hydroxylation sites is 1. The standard InChI is InChI=1S/C15H18N2O4/c1-20-13-5-3-2-4-10(13)8-17-12(9-21-15(17)19)14(18)16-11-6-7-11/h2-5,11-12H,6-9H2,1H3,(H,16,18)/t12-/m0/s1. The zero-order chi connectivity index (χ0) is 14.8. The summed E-state index contributed by atoms with van der Waals surface area (Å²) in [5, 5.41) is 2.92. The minimum Gasteiger partial charge on any atom is -0.496 e. The Kier molecular flexibility index (Phi) is 3.68. The molecule has 1 aromatic rings. The Morgan fingerprint density at radius 2 is 2.19 bits per heavy atom. The van der Waals surface area contributed by atoms with Crippen molar-refractivity contribution in [2.45, 2.75) is 31.5 Å². The molecule has 1 aromatic carbocycles. The number of methoxy groups -OCH3 is 1. The summed E-state index contributed by atoms with van der Waals surface area (Å²) < 4.78 is 10.3. The molecule has 2 fully saturated rings. The quantitative estimate of drug-likeness (QED) is 0.887. The summed E-state index contributed by atoms with van der Waals surface area (Å²) in [4.78, 5) is 25.5. The van der Waals surface area contributed by atoms with Crippen molar-refractivity contribution in [1.82, 2.24) is 10.2 Å².